The highest BCUT2D eigenvalue weighted by molar-refractivity contribution is 7.99. The molecule has 0 heterocycles. The van der Waals surface area contributed by atoms with E-state index in [1.54, 1.807) is 0 Å². The van der Waals surface area contributed by atoms with Gasteiger partial charge in [-0.05, 0) is 29.7 Å². The van der Waals surface area contributed by atoms with Crippen molar-refractivity contribution in [2.45, 2.75) is 25.2 Å². The van der Waals surface area contributed by atoms with E-state index >= 15 is 0 Å². The lowest BCUT2D eigenvalue weighted by molar-refractivity contribution is 0.157. The molecule has 0 atom stereocenters. The zero-order valence-electron chi connectivity index (χ0n) is 8.86. The zero-order valence-corrected chi connectivity index (χ0v) is 9.68. The predicted octanol–water partition coefficient (Wildman–Crippen LogP) is 3.19. The minimum absolute atomic E-state index is 0.0573. The molecule has 14 heavy (non-hydrogen) atoms. The van der Waals surface area contributed by atoms with E-state index in [9.17, 15) is 0 Å². The Kier molecular flexibility index (Phi) is 4.49. The fourth-order valence-corrected chi connectivity index (χ4v) is 2.28. The van der Waals surface area contributed by atoms with Crippen molar-refractivity contribution in [3.63, 3.8) is 0 Å². The van der Waals surface area contributed by atoms with E-state index in [4.69, 9.17) is 5.11 Å². The molecule has 2 heteroatoms. The van der Waals surface area contributed by atoms with Crippen LogP contribution < -0.4 is 0 Å². The highest BCUT2D eigenvalue weighted by atomic mass is 32.2. The van der Waals surface area contributed by atoms with Gasteiger partial charge in [-0.25, -0.2) is 0 Å². The minimum atomic E-state index is 0.0573. The molecule has 0 saturated heterocycles. The van der Waals surface area contributed by atoms with Crippen molar-refractivity contribution < 1.29 is 5.11 Å². The molecular weight excluding hydrogens is 192 g/mol. The first-order valence-electron chi connectivity index (χ1n) is 4.93. The third kappa shape index (κ3) is 4.16. The molecule has 1 N–H and O–H groups in total. The highest BCUT2D eigenvalue weighted by Gasteiger charge is 2.15. The number of hydrogen-bond acceptors (Lipinski definition) is 2. The summed E-state index contributed by atoms with van der Waals surface area (Å²) in [7, 11) is 0. The number of aliphatic hydroxyl groups excluding tert-OH is 1. The van der Waals surface area contributed by atoms with Crippen LogP contribution in [0.3, 0.4) is 0 Å². The Morgan fingerprint density at radius 1 is 1.21 bits per heavy atom. The van der Waals surface area contributed by atoms with Crippen LogP contribution in [-0.2, 0) is 0 Å². The number of rotatable bonds is 5. The smallest absolute Gasteiger partial charge is 0.0482 e. The zero-order chi connectivity index (χ0) is 10.4. The molecule has 1 nitrogen and oxygen atoms in total. The van der Waals surface area contributed by atoms with E-state index in [-0.39, 0.29) is 12.0 Å². The summed E-state index contributed by atoms with van der Waals surface area (Å²) in [6, 6.07) is 10.4. The van der Waals surface area contributed by atoms with Crippen molar-refractivity contribution in [2.75, 3.05) is 12.4 Å². The fraction of sp³-hybridized carbons (Fsp3) is 0.500. The maximum atomic E-state index is 9.08. The first-order chi connectivity index (χ1) is 6.64. The van der Waals surface area contributed by atoms with Gasteiger partial charge in [0.05, 0.1) is 0 Å². The van der Waals surface area contributed by atoms with Crippen molar-refractivity contribution in [3.8, 4) is 0 Å². The van der Waals surface area contributed by atoms with Gasteiger partial charge in [0.2, 0.25) is 0 Å². The van der Waals surface area contributed by atoms with Crippen LogP contribution >= 0.6 is 11.8 Å². The topological polar surface area (TPSA) is 20.2 Å². The van der Waals surface area contributed by atoms with Gasteiger partial charge >= 0.3 is 0 Å². The predicted molar refractivity (Wildman–Crippen MR) is 62.6 cm³/mol. The summed E-state index contributed by atoms with van der Waals surface area (Å²) in [6.45, 7) is 4.46. The van der Waals surface area contributed by atoms with Crippen LogP contribution in [-0.4, -0.2) is 17.5 Å². The van der Waals surface area contributed by atoms with Crippen LogP contribution in [0.1, 0.15) is 20.3 Å². The Bertz CT molecular complexity index is 256. The van der Waals surface area contributed by atoms with E-state index < -0.39 is 0 Å². The normalized spacial score (nSPS) is 11.6. The quantitative estimate of drug-likeness (QED) is 0.753. The van der Waals surface area contributed by atoms with Crippen molar-refractivity contribution in [3.05, 3.63) is 30.3 Å². The summed E-state index contributed by atoms with van der Waals surface area (Å²) in [5.41, 5.74) is 0.0573. The number of hydrogen-bond donors (Lipinski definition) is 1. The maximum absolute atomic E-state index is 9.08. The molecule has 0 radical (unpaired) electrons. The molecule has 1 rings (SSSR count). The molecule has 0 aliphatic heterocycles. The van der Waals surface area contributed by atoms with Gasteiger partial charge in [-0.2, -0.15) is 0 Å². The van der Waals surface area contributed by atoms with Gasteiger partial charge in [0, 0.05) is 11.5 Å². The molecule has 0 amide bonds. The largest absolute Gasteiger partial charge is 0.396 e. The lowest BCUT2D eigenvalue weighted by Gasteiger charge is -2.20. The first kappa shape index (κ1) is 11.6. The van der Waals surface area contributed by atoms with Crippen molar-refractivity contribution >= 4 is 11.8 Å². The van der Waals surface area contributed by atoms with Gasteiger partial charge in [-0.3, -0.25) is 0 Å². The van der Waals surface area contributed by atoms with Crippen LogP contribution in [0.15, 0.2) is 35.2 Å². The number of aliphatic hydroxyl groups is 1. The van der Waals surface area contributed by atoms with E-state index in [0.717, 1.165) is 12.2 Å². The average Bonchev–Trinajstić information content (AvgIpc) is 2.19. The maximum Gasteiger partial charge on any atom is 0.0482 e. The molecule has 1 aromatic carbocycles. The van der Waals surface area contributed by atoms with Crippen molar-refractivity contribution in [1.82, 2.24) is 0 Å². The van der Waals surface area contributed by atoms with Crippen LogP contribution in [0.5, 0.6) is 0 Å². The van der Waals surface area contributed by atoms with Crippen molar-refractivity contribution in [2.24, 2.45) is 5.41 Å². The van der Waals surface area contributed by atoms with Gasteiger partial charge in [0.1, 0.15) is 0 Å². The molecular formula is C12H18OS. The summed E-state index contributed by atoms with van der Waals surface area (Å²) < 4.78 is 0. The fourth-order valence-electron chi connectivity index (χ4n) is 1.04. The summed E-state index contributed by atoms with van der Waals surface area (Å²) in [5.74, 6) is 1.07. The third-order valence-electron chi connectivity index (χ3n) is 2.22. The van der Waals surface area contributed by atoms with Crippen LogP contribution in [0, 0.1) is 5.41 Å². The van der Waals surface area contributed by atoms with Gasteiger partial charge in [-0.15, -0.1) is 11.8 Å². The Balaban J connectivity index is 2.29. The van der Waals surface area contributed by atoms with Crippen LogP contribution in [0.25, 0.3) is 0 Å². The Morgan fingerprint density at radius 3 is 2.43 bits per heavy atom. The van der Waals surface area contributed by atoms with E-state index in [1.165, 1.54) is 4.90 Å². The van der Waals surface area contributed by atoms with Crippen LogP contribution in [0.2, 0.25) is 0 Å². The molecule has 0 spiro atoms. The molecule has 1 aromatic rings. The Labute approximate surface area is 90.5 Å². The lowest BCUT2D eigenvalue weighted by atomic mass is 9.92. The summed E-state index contributed by atoms with van der Waals surface area (Å²) in [6.07, 6.45) is 1.04. The molecule has 0 fully saturated rings. The summed E-state index contributed by atoms with van der Waals surface area (Å²) >= 11 is 1.85. The minimum Gasteiger partial charge on any atom is -0.396 e. The molecule has 0 unspecified atom stereocenters. The first-order valence-corrected chi connectivity index (χ1v) is 5.91. The van der Waals surface area contributed by atoms with Gasteiger partial charge in [0.25, 0.3) is 0 Å². The Morgan fingerprint density at radius 2 is 1.86 bits per heavy atom. The second-order valence-electron chi connectivity index (χ2n) is 4.23. The van der Waals surface area contributed by atoms with Gasteiger partial charge in [-0.1, -0.05) is 32.0 Å². The summed E-state index contributed by atoms with van der Waals surface area (Å²) in [5, 5.41) is 9.08. The molecule has 0 aliphatic rings. The molecule has 0 saturated carbocycles. The second kappa shape index (κ2) is 5.42. The average molecular weight is 210 g/mol. The summed E-state index contributed by atoms with van der Waals surface area (Å²) in [4.78, 5) is 1.31. The Hall–Kier alpha value is -0.470. The highest BCUT2D eigenvalue weighted by Crippen LogP contribution is 2.25. The van der Waals surface area contributed by atoms with Crippen molar-refractivity contribution in [1.29, 1.82) is 0 Å². The standard InChI is InChI=1S/C12H18OS/c1-12(2,10-13)8-9-14-11-6-4-3-5-7-11/h3-7,13H,8-10H2,1-2H3. The third-order valence-corrected chi connectivity index (χ3v) is 3.23. The molecule has 0 aromatic heterocycles. The van der Waals surface area contributed by atoms with E-state index in [0.29, 0.717) is 0 Å². The molecule has 0 bridgehead atoms. The van der Waals surface area contributed by atoms with Gasteiger partial charge in [0.15, 0.2) is 0 Å². The molecule has 78 valence electrons. The molecule has 0 aliphatic carbocycles. The van der Waals surface area contributed by atoms with E-state index in [2.05, 4.69) is 38.1 Å². The number of benzene rings is 1. The van der Waals surface area contributed by atoms with Gasteiger partial charge < -0.3 is 5.11 Å². The lowest BCUT2D eigenvalue weighted by Crippen LogP contribution is -2.17. The van der Waals surface area contributed by atoms with Crippen LogP contribution in [0.4, 0.5) is 0 Å². The van der Waals surface area contributed by atoms with E-state index in [1.807, 2.05) is 17.8 Å². The monoisotopic (exact) mass is 210 g/mol. The number of thioether (sulfide) groups is 1. The SMILES string of the molecule is CC(C)(CO)CCSc1ccccc1. The second-order valence-corrected chi connectivity index (χ2v) is 5.40.